The predicted octanol–water partition coefficient (Wildman–Crippen LogP) is 4.72. The molecule has 0 saturated heterocycles. The van der Waals surface area contributed by atoms with Crippen molar-refractivity contribution in [2.24, 2.45) is 0 Å². The van der Waals surface area contributed by atoms with Gasteiger partial charge >= 0.3 is 0 Å². The molecule has 2 nitrogen and oxygen atoms in total. The lowest BCUT2D eigenvalue weighted by atomic mass is 10.0. The lowest BCUT2D eigenvalue weighted by Crippen LogP contribution is -2.32. The fraction of sp³-hybridized carbons (Fsp3) is 0.625. The number of rotatable bonds is 10. The molecule has 0 bridgehead atoms. The van der Waals surface area contributed by atoms with E-state index in [-0.39, 0.29) is 0 Å². The zero-order valence-electron chi connectivity index (χ0n) is 12.4. The third-order valence-corrected chi connectivity index (χ3v) is 3.95. The summed E-state index contributed by atoms with van der Waals surface area (Å²) in [6.07, 6.45) is 4.11. The molecule has 0 aromatic heterocycles. The quantitative estimate of drug-likeness (QED) is 0.630. The Labute approximate surface area is 132 Å². The highest BCUT2D eigenvalue weighted by Crippen LogP contribution is 2.26. The third kappa shape index (κ3) is 6.45. The van der Waals surface area contributed by atoms with Gasteiger partial charge in [-0.15, -0.1) is 0 Å². The molecule has 1 N–H and O–H groups in total. The topological polar surface area (TPSA) is 21.3 Å². The summed E-state index contributed by atoms with van der Waals surface area (Å²) in [5.41, 5.74) is 1.04. The molecule has 1 atom stereocenters. The summed E-state index contributed by atoms with van der Waals surface area (Å²) in [4.78, 5) is 0. The zero-order chi connectivity index (χ0) is 14.8. The Kier molecular flexibility index (Phi) is 9.28. The Balaban J connectivity index is 2.58. The van der Waals surface area contributed by atoms with Crippen LogP contribution in [0.4, 0.5) is 0 Å². The molecule has 0 saturated carbocycles. The highest BCUT2D eigenvalue weighted by atomic mass is 35.5. The number of ether oxygens (including phenoxy) is 1. The van der Waals surface area contributed by atoms with Crippen molar-refractivity contribution in [1.29, 1.82) is 0 Å². The summed E-state index contributed by atoms with van der Waals surface area (Å²) in [6, 6.07) is 6.09. The molecule has 1 aromatic rings. The van der Waals surface area contributed by atoms with E-state index in [0.29, 0.717) is 6.04 Å². The predicted molar refractivity (Wildman–Crippen MR) is 88.0 cm³/mol. The zero-order valence-corrected chi connectivity index (χ0v) is 13.9. The van der Waals surface area contributed by atoms with Gasteiger partial charge in [0.1, 0.15) is 0 Å². The number of hydrogen-bond acceptors (Lipinski definition) is 2. The number of benzene rings is 1. The van der Waals surface area contributed by atoms with Gasteiger partial charge in [-0.3, -0.25) is 0 Å². The molecule has 4 heteroatoms. The lowest BCUT2D eigenvalue weighted by molar-refractivity contribution is 0.140. The van der Waals surface area contributed by atoms with Gasteiger partial charge in [0.2, 0.25) is 0 Å². The van der Waals surface area contributed by atoms with Crippen molar-refractivity contribution in [3.8, 4) is 0 Å². The molecule has 0 aliphatic carbocycles. The second-order valence-corrected chi connectivity index (χ2v) is 5.71. The first-order valence-corrected chi connectivity index (χ1v) is 8.18. The number of halogens is 2. The molecule has 20 heavy (non-hydrogen) atoms. The summed E-state index contributed by atoms with van der Waals surface area (Å²) in [6.45, 7) is 6.81. The lowest BCUT2D eigenvalue weighted by Gasteiger charge is -2.20. The summed E-state index contributed by atoms with van der Waals surface area (Å²) >= 11 is 12.5. The Morgan fingerprint density at radius 1 is 1.20 bits per heavy atom. The van der Waals surface area contributed by atoms with Crippen molar-refractivity contribution in [2.45, 2.75) is 45.6 Å². The molecule has 1 unspecified atom stereocenters. The van der Waals surface area contributed by atoms with Crippen LogP contribution in [0.25, 0.3) is 0 Å². The van der Waals surface area contributed by atoms with Crippen LogP contribution < -0.4 is 5.32 Å². The minimum atomic E-state index is 0.396. The van der Waals surface area contributed by atoms with Gasteiger partial charge in [-0.05, 0) is 56.8 Å². The standard InChI is InChI=1S/C16H25Cl2NO/c1-3-10-19-13(7-6-11-20-4-2)12-14-15(17)8-5-9-16(14)18/h5,8-9,13,19H,3-4,6-7,10-12H2,1-2H3. The van der Waals surface area contributed by atoms with Gasteiger partial charge < -0.3 is 10.1 Å². The van der Waals surface area contributed by atoms with Gasteiger partial charge in [0.25, 0.3) is 0 Å². The van der Waals surface area contributed by atoms with E-state index in [0.717, 1.165) is 61.1 Å². The van der Waals surface area contributed by atoms with Gasteiger partial charge in [0.05, 0.1) is 0 Å². The van der Waals surface area contributed by atoms with E-state index in [2.05, 4.69) is 12.2 Å². The van der Waals surface area contributed by atoms with Gasteiger partial charge in [0.15, 0.2) is 0 Å². The van der Waals surface area contributed by atoms with Crippen LogP contribution >= 0.6 is 23.2 Å². The van der Waals surface area contributed by atoms with Crippen molar-refractivity contribution >= 4 is 23.2 Å². The number of nitrogens with one attached hydrogen (secondary N) is 1. The Morgan fingerprint density at radius 2 is 1.90 bits per heavy atom. The molecule has 0 amide bonds. The molecule has 1 rings (SSSR count). The van der Waals surface area contributed by atoms with Crippen molar-refractivity contribution in [2.75, 3.05) is 19.8 Å². The molecule has 0 spiro atoms. The minimum Gasteiger partial charge on any atom is -0.382 e. The first-order chi connectivity index (χ1) is 9.69. The molecule has 0 radical (unpaired) electrons. The van der Waals surface area contributed by atoms with E-state index in [1.165, 1.54) is 0 Å². The van der Waals surface area contributed by atoms with Crippen LogP contribution in [0.15, 0.2) is 18.2 Å². The molecular weight excluding hydrogens is 293 g/mol. The maximum atomic E-state index is 6.25. The van der Waals surface area contributed by atoms with Gasteiger partial charge in [0, 0.05) is 29.3 Å². The summed E-state index contributed by atoms with van der Waals surface area (Å²) in [5, 5.41) is 5.09. The maximum Gasteiger partial charge on any atom is 0.0466 e. The molecule has 0 fully saturated rings. The van der Waals surface area contributed by atoms with Crippen LogP contribution in [0, 0.1) is 0 Å². The second-order valence-electron chi connectivity index (χ2n) is 4.89. The van der Waals surface area contributed by atoms with Crippen molar-refractivity contribution in [3.63, 3.8) is 0 Å². The smallest absolute Gasteiger partial charge is 0.0466 e. The van der Waals surface area contributed by atoms with Gasteiger partial charge in [-0.1, -0.05) is 36.2 Å². The van der Waals surface area contributed by atoms with Crippen molar-refractivity contribution < 1.29 is 4.74 Å². The average molecular weight is 318 g/mol. The van der Waals surface area contributed by atoms with E-state index in [9.17, 15) is 0 Å². The van der Waals surface area contributed by atoms with E-state index < -0.39 is 0 Å². The molecule has 1 aromatic carbocycles. The van der Waals surface area contributed by atoms with Crippen LogP contribution in [-0.2, 0) is 11.2 Å². The van der Waals surface area contributed by atoms with E-state index in [1.807, 2.05) is 25.1 Å². The van der Waals surface area contributed by atoms with Crippen molar-refractivity contribution in [3.05, 3.63) is 33.8 Å². The fourth-order valence-electron chi connectivity index (χ4n) is 2.17. The van der Waals surface area contributed by atoms with Crippen LogP contribution in [0.1, 0.15) is 38.7 Å². The normalized spacial score (nSPS) is 12.6. The van der Waals surface area contributed by atoms with Crippen LogP contribution in [0.3, 0.4) is 0 Å². The highest BCUT2D eigenvalue weighted by molar-refractivity contribution is 6.35. The molecule has 0 aliphatic heterocycles. The Bertz CT molecular complexity index is 364. The van der Waals surface area contributed by atoms with Crippen molar-refractivity contribution in [1.82, 2.24) is 5.32 Å². The second kappa shape index (κ2) is 10.4. The maximum absolute atomic E-state index is 6.25. The first-order valence-electron chi connectivity index (χ1n) is 7.43. The SMILES string of the molecule is CCCNC(CCCOCC)Cc1c(Cl)cccc1Cl. The average Bonchev–Trinajstić information content (AvgIpc) is 2.44. The van der Waals surface area contributed by atoms with E-state index in [4.69, 9.17) is 27.9 Å². The Hall–Kier alpha value is -0.280. The third-order valence-electron chi connectivity index (χ3n) is 3.24. The molecule has 0 aliphatic rings. The van der Waals surface area contributed by atoms with E-state index >= 15 is 0 Å². The number of hydrogen-bond donors (Lipinski definition) is 1. The summed E-state index contributed by atoms with van der Waals surface area (Å²) in [5.74, 6) is 0. The molecular formula is C16H25Cl2NO. The van der Waals surface area contributed by atoms with Crippen LogP contribution in [0.2, 0.25) is 10.0 Å². The van der Waals surface area contributed by atoms with Crippen LogP contribution in [0.5, 0.6) is 0 Å². The fourth-order valence-corrected chi connectivity index (χ4v) is 2.73. The van der Waals surface area contributed by atoms with Gasteiger partial charge in [-0.2, -0.15) is 0 Å². The van der Waals surface area contributed by atoms with Crippen LogP contribution in [-0.4, -0.2) is 25.8 Å². The summed E-state index contributed by atoms with van der Waals surface area (Å²) < 4.78 is 5.41. The van der Waals surface area contributed by atoms with Gasteiger partial charge in [-0.25, -0.2) is 0 Å². The van der Waals surface area contributed by atoms with E-state index in [1.54, 1.807) is 0 Å². The largest absolute Gasteiger partial charge is 0.382 e. The minimum absolute atomic E-state index is 0.396. The first kappa shape index (κ1) is 17.8. The Morgan fingerprint density at radius 3 is 2.50 bits per heavy atom. The highest BCUT2D eigenvalue weighted by Gasteiger charge is 2.13. The summed E-state index contributed by atoms with van der Waals surface area (Å²) in [7, 11) is 0. The monoisotopic (exact) mass is 317 g/mol. The molecule has 0 heterocycles. The molecule has 114 valence electrons.